The van der Waals surface area contributed by atoms with Crippen LogP contribution in [0.2, 0.25) is 0 Å². The maximum absolute atomic E-state index is 13.5. The Bertz CT molecular complexity index is 1160. The lowest BCUT2D eigenvalue weighted by atomic mass is 10.2. The van der Waals surface area contributed by atoms with Crippen LogP contribution in [-0.2, 0) is 14.8 Å². The first-order valence-electron chi connectivity index (χ1n) is 9.03. The van der Waals surface area contributed by atoms with Crippen LogP contribution in [0, 0.1) is 5.82 Å². The van der Waals surface area contributed by atoms with E-state index in [-0.39, 0.29) is 17.3 Å². The van der Waals surface area contributed by atoms with Crippen LogP contribution >= 0.6 is 0 Å². The lowest BCUT2D eigenvalue weighted by Crippen LogP contribution is -2.31. The Labute approximate surface area is 166 Å². The van der Waals surface area contributed by atoms with Gasteiger partial charge in [0.1, 0.15) is 17.4 Å². The molecule has 4 rings (SSSR count). The van der Waals surface area contributed by atoms with Gasteiger partial charge in [0.25, 0.3) is 5.91 Å². The number of carbonyl (C=O) groups is 1. The first kappa shape index (κ1) is 19.3. The number of fused-ring (bicyclic) bond motifs is 1. The summed E-state index contributed by atoms with van der Waals surface area (Å²) in [7, 11) is -3.78. The van der Waals surface area contributed by atoms with Gasteiger partial charge in [0.05, 0.1) is 22.0 Å². The minimum Gasteiger partial charge on any atom is -0.484 e. The molecule has 10 heteroatoms. The molecule has 152 valence electrons. The molecule has 8 nitrogen and oxygen atoms in total. The highest BCUT2D eigenvalue weighted by Gasteiger charge is 2.37. The molecule has 2 heterocycles. The van der Waals surface area contributed by atoms with Crippen LogP contribution in [0.5, 0.6) is 5.75 Å². The molecule has 1 atom stereocenters. The average Bonchev–Trinajstić information content (AvgIpc) is 3.33. The smallest absolute Gasteiger partial charge is 0.255 e. The zero-order chi connectivity index (χ0) is 20.6. The zero-order valence-electron chi connectivity index (χ0n) is 15.3. The quantitative estimate of drug-likeness (QED) is 0.635. The van der Waals surface area contributed by atoms with E-state index in [1.54, 1.807) is 6.07 Å². The summed E-state index contributed by atoms with van der Waals surface area (Å²) in [4.78, 5) is 18.4. The summed E-state index contributed by atoms with van der Waals surface area (Å²) < 4.78 is 46.4. The fourth-order valence-corrected chi connectivity index (χ4v) is 5.12. The van der Waals surface area contributed by atoms with E-state index in [0.29, 0.717) is 42.0 Å². The van der Waals surface area contributed by atoms with E-state index >= 15 is 0 Å². The standard InChI is InChI=1S/C19H19FN4O4S/c20-12-3-8-15-16(10-12)23-19(22-15)17-2-1-9-24(17)29(26,27)14-6-4-13(5-7-14)28-11-18(21)25/h3-8,10,17H,1-2,9,11H2,(H2,21,25)(H,22,23). The van der Waals surface area contributed by atoms with Gasteiger partial charge in [0, 0.05) is 6.54 Å². The van der Waals surface area contributed by atoms with Crippen molar-refractivity contribution >= 4 is 27.0 Å². The summed E-state index contributed by atoms with van der Waals surface area (Å²) in [6, 6.07) is 9.56. The number of halogens is 1. The molecule has 29 heavy (non-hydrogen) atoms. The van der Waals surface area contributed by atoms with Gasteiger partial charge in [-0.2, -0.15) is 4.31 Å². The van der Waals surface area contributed by atoms with Crippen LogP contribution in [0.25, 0.3) is 11.0 Å². The van der Waals surface area contributed by atoms with Crippen LogP contribution in [0.4, 0.5) is 4.39 Å². The Kier molecular flexibility index (Phi) is 4.97. The van der Waals surface area contributed by atoms with Gasteiger partial charge in [-0.3, -0.25) is 4.79 Å². The summed E-state index contributed by atoms with van der Waals surface area (Å²) in [5, 5.41) is 0. The van der Waals surface area contributed by atoms with Crippen molar-refractivity contribution in [2.75, 3.05) is 13.2 Å². The molecule has 1 fully saturated rings. The van der Waals surface area contributed by atoms with Gasteiger partial charge < -0.3 is 15.5 Å². The third kappa shape index (κ3) is 3.81. The molecule has 0 bridgehead atoms. The number of sulfonamides is 1. The van der Waals surface area contributed by atoms with Gasteiger partial charge in [-0.05, 0) is 55.3 Å². The number of hydrogen-bond acceptors (Lipinski definition) is 5. The minimum atomic E-state index is -3.78. The molecule has 1 amide bonds. The number of aromatic nitrogens is 2. The lowest BCUT2D eigenvalue weighted by molar-refractivity contribution is -0.119. The minimum absolute atomic E-state index is 0.109. The number of ether oxygens (including phenoxy) is 1. The Balaban J connectivity index is 1.60. The number of carbonyl (C=O) groups excluding carboxylic acids is 1. The van der Waals surface area contributed by atoms with Crippen molar-refractivity contribution in [3.05, 3.63) is 54.1 Å². The van der Waals surface area contributed by atoms with Crippen molar-refractivity contribution in [1.82, 2.24) is 14.3 Å². The SMILES string of the molecule is NC(=O)COc1ccc(S(=O)(=O)N2CCCC2c2nc3ccc(F)cc3[nH]2)cc1. The fourth-order valence-electron chi connectivity index (χ4n) is 3.46. The third-order valence-electron chi connectivity index (χ3n) is 4.79. The van der Waals surface area contributed by atoms with Gasteiger partial charge in [-0.15, -0.1) is 0 Å². The maximum atomic E-state index is 13.5. The van der Waals surface area contributed by atoms with E-state index < -0.39 is 22.0 Å². The third-order valence-corrected chi connectivity index (χ3v) is 6.72. The predicted octanol–water partition coefficient (Wildman–Crippen LogP) is 2.09. The Hall–Kier alpha value is -2.98. The first-order chi connectivity index (χ1) is 13.8. The van der Waals surface area contributed by atoms with Gasteiger partial charge >= 0.3 is 0 Å². The lowest BCUT2D eigenvalue weighted by Gasteiger charge is -2.22. The molecule has 3 aromatic rings. The number of nitrogens with one attached hydrogen (secondary N) is 1. The van der Waals surface area contributed by atoms with Gasteiger partial charge in [-0.1, -0.05) is 0 Å². The molecule has 0 saturated carbocycles. The second kappa shape index (κ2) is 7.45. The Morgan fingerprint density at radius 1 is 1.28 bits per heavy atom. The number of H-pyrrole nitrogens is 1. The highest BCUT2D eigenvalue weighted by Crippen LogP contribution is 2.36. The van der Waals surface area contributed by atoms with Gasteiger partial charge in [0.2, 0.25) is 10.0 Å². The van der Waals surface area contributed by atoms with Crippen LogP contribution in [0.15, 0.2) is 47.4 Å². The number of rotatable bonds is 6. The van der Waals surface area contributed by atoms with Crippen LogP contribution in [0.1, 0.15) is 24.7 Å². The molecule has 0 aliphatic carbocycles. The number of benzene rings is 2. The van der Waals surface area contributed by atoms with Crippen molar-refractivity contribution in [2.45, 2.75) is 23.8 Å². The van der Waals surface area contributed by atoms with E-state index in [1.165, 1.54) is 40.7 Å². The molecular weight excluding hydrogens is 399 g/mol. The molecule has 1 saturated heterocycles. The second-order valence-corrected chi connectivity index (χ2v) is 8.67. The first-order valence-corrected chi connectivity index (χ1v) is 10.5. The molecule has 1 aliphatic rings. The van der Waals surface area contributed by atoms with E-state index in [9.17, 15) is 17.6 Å². The van der Waals surface area contributed by atoms with Gasteiger partial charge in [0.15, 0.2) is 6.61 Å². The summed E-state index contributed by atoms with van der Waals surface area (Å²) >= 11 is 0. The second-order valence-electron chi connectivity index (χ2n) is 6.78. The number of aromatic amines is 1. The van der Waals surface area contributed by atoms with Crippen molar-refractivity contribution in [2.24, 2.45) is 5.73 Å². The van der Waals surface area contributed by atoms with Crippen LogP contribution in [0.3, 0.4) is 0 Å². The monoisotopic (exact) mass is 418 g/mol. The van der Waals surface area contributed by atoms with Crippen LogP contribution in [-0.4, -0.2) is 41.7 Å². The van der Waals surface area contributed by atoms with E-state index in [2.05, 4.69) is 9.97 Å². The highest BCUT2D eigenvalue weighted by molar-refractivity contribution is 7.89. The van der Waals surface area contributed by atoms with Crippen molar-refractivity contribution < 1.29 is 22.3 Å². The number of hydrogen-bond donors (Lipinski definition) is 2. The van der Waals surface area contributed by atoms with Gasteiger partial charge in [-0.25, -0.2) is 17.8 Å². The molecule has 1 aromatic heterocycles. The number of nitrogens with zero attached hydrogens (tertiary/aromatic N) is 2. The van der Waals surface area contributed by atoms with Crippen molar-refractivity contribution in [3.63, 3.8) is 0 Å². The summed E-state index contributed by atoms with van der Waals surface area (Å²) in [6.45, 7) is 0.0747. The Morgan fingerprint density at radius 3 is 2.76 bits per heavy atom. The average molecular weight is 418 g/mol. The number of imidazole rings is 1. The molecule has 1 unspecified atom stereocenters. The molecule has 3 N–H and O–H groups in total. The summed E-state index contributed by atoms with van der Waals surface area (Å²) in [5.74, 6) is -0.164. The number of amides is 1. The van der Waals surface area contributed by atoms with E-state index in [1.807, 2.05) is 0 Å². The molecule has 1 aliphatic heterocycles. The number of primary amides is 1. The number of nitrogens with two attached hydrogens (primary N) is 1. The molecular formula is C19H19FN4O4S. The normalized spacial score (nSPS) is 17.6. The maximum Gasteiger partial charge on any atom is 0.255 e. The van der Waals surface area contributed by atoms with Crippen molar-refractivity contribution in [1.29, 1.82) is 0 Å². The topological polar surface area (TPSA) is 118 Å². The molecule has 2 aromatic carbocycles. The molecule has 0 radical (unpaired) electrons. The van der Waals surface area contributed by atoms with E-state index in [0.717, 1.165) is 0 Å². The largest absolute Gasteiger partial charge is 0.484 e. The van der Waals surface area contributed by atoms with E-state index in [4.69, 9.17) is 10.5 Å². The Morgan fingerprint density at radius 2 is 2.03 bits per heavy atom. The molecule has 0 spiro atoms. The van der Waals surface area contributed by atoms with Crippen molar-refractivity contribution in [3.8, 4) is 5.75 Å². The van der Waals surface area contributed by atoms with Crippen LogP contribution < -0.4 is 10.5 Å². The summed E-state index contributed by atoms with van der Waals surface area (Å²) in [5.41, 5.74) is 6.15. The fraction of sp³-hybridized carbons (Fsp3) is 0.263. The highest BCUT2D eigenvalue weighted by atomic mass is 32.2. The summed E-state index contributed by atoms with van der Waals surface area (Å²) in [6.07, 6.45) is 1.30. The predicted molar refractivity (Wildman–Crippen MR) is 103 cm³/mol. The zero-order valence-corrected chi connectivity index (χ0v) is 16.2.